The normalized spacial score (nSPS) is 11.3. The lowest BCUT2D eigenvalue weighted by atomic mass is 10.1. The van der Waals surface area contributed by atoms with Gasteiger partial charge in [-0.3, -0.25) is 4.79 Å². The van der Waals surface area contributed by atoms with Crippen LogP contribution in [-0.4, -0.2) is 17.0 Å². The van der Waals surface area contributed by atoms with E-state index in [-0.39, 0.29) is 12.5 Å². The highest BCUT2D eigenvalue weighted by atomic mass is 35.5. The second-order valence-electron chi connectivity index (χ2n) is 5.68. The van der Waals surface area contributed by atoms with Gasteiger partial charge in [-0.25, -0.2) is 0 Å². The number of aromatic nitrogens is 1. The molecule has 1 aromatic heterocycles. The first-order valence-electron chi connectivity index (χ1n) is 7.25. The molecule has 1 amide bonds. The predicted molar refractivity (Wildman–Crippen MR) is 87.3 cm³/mol. The Morgan fingerprint density at radius 2 is 2.19 bits per heavy atom. The minimum atomic E-state index is 0.0103. The zero-order valence-corrected chi connectivity index (χ0v) is 13.3. The summed E-state index contributed by atoms with van der Waals surface area (Å²) in [4.78, 5) is 12.0. The van der Waals surface area contributed by atoms with Crippen molar-refractivity contribution in [3.63, 3.8) is 0 Å². The van der Waals surface area contributed by atoms with Crippen LogP contribution in [-0.2, 0) is 17.9 Å². The highest BCUT2D eigenvalue weighted by Crippen LogP contribution is 2.24. The van der Waals surface area contributed by atoms with E-state index in [1.165, 1.54) is 0 Å². The van der Waals surface area contributed by atoms with Gasteiger partial charge in [-0.05, 0) is 30.0 Å². The largest absolute Gasteiger partial charge is 0.355 e. The van der Waals surface area contributed by atoms with Crippen molar-refractivity contribution in [2.45, 2.75) is 33.4 Å². The first-order valence-corrected chi connectivity index (χ1v) is 7.63. The predicted octanol–water partition coefficient (Wildman–Crippen LogP) is 2.92. The third kappa shape index (κ3) is 3.99. The van der Waals surface area contributed by atoms with Crippen molar-refractivity contribution in [3.05, 3.63) is 35.0 Å². The van der Waals surface area contributed by atoms with E-state index < -0.39 is 0 Å². The molecule has 4 nitrogen and oxygen atoms in total. The highest BCUT2D eigenvalue weighted by Gasteiger charge is 2.11. The number of hydrogen-bond acceptors (Lipinski definition) is 2. The summed E-state index contributed by atoms with van der Waals surface area (Å²) < 4.78 is 1.91. The van der Waals surface area contributed by atoms with Gasteiger partial charge >= 0.3 is 0 Å². The van der Waals surface area contributed by atoms with Gasteiger partial charge in [0.2, 0.25) is 5.91 Å². The SMILES string of the molecule is CC(C)CCNC(=O)Cn1cc(CN)c2ccc(Cl)cc21. The fraction of sp³-hybridized carbons (Fsp3) is 0.438. The lowest BCUT2D eigenvalue weighted by molar-refractivity contribution is -0.121. The molecule has 0 saturated heterocycles. The average molecular weight is 308 g/mol. The summed E-state index contributed by atoms with van der Waals surface area (Å²) in [5.41, 5.74) is 7.74. The van der Waals surface area contributed by atoms with Crippen molar-refractivity contribution in [2.24, 2.45) is 11.7 Å². The molecule has 0 aliphatic heterocycles. The first-order chi connectivity index (χ1) is 10.0. The number of rotatable bonds is 6. The standard InChI is InChI=1S/C16H22ClN3O/c1-11(2)5-6-19-16(21)10-20-9-12(8-18)14-4-3-13(17)7-15(14)20/h3-4,7,9,11H,5-6,8,10,18H2,1-2H3,(H,19,21). The number of nitrogens with one attached hydrogen (secondary N) is 1. The molecule has 1 aromatic carbocycles. The Morgan fingerprint density at radius 3 is 2.86 bits per heavy atom. The summed E-state index contributed by atoms with van der Waals surface area (Å²) in [7, 11) is 0. The van der Waals surface area contributed by atoms with Crippen LogP contribution in [0.25, 0.3) is 10.9 Å². The molecule has 2 aromatic rings. The molecule has 0 aliphatic carbocycles. The molecule has 3 N–H and O–H groups in total. The molecule has 0 aliphatic rings. The van der Waals surface area contributed by atoms with Crippen LogP contribution < -0.4 is 11.1 Å². The molecular weight excluding hydrogens is 286 g/mol. The number of halogens is 1. The van der Waals surface area contributed by atoms with E-state index in [1.807, 2.05) is 29.0 Å². The van der Waals surface area contributed by atoms with Gasteiger partial charge in [0, 0.05) is 29.7 Å². The maximum absolute atomic E-state index is 12.0. The second kappa shape index (κ2) is 6.96. The van der Waals surface area contributed by atoms with Crippen LogP contribution in [0.1, 0.15) is 25.8 Å². The number of amides is 1. The minimum absolute atomic E-state index is 0.0103. The molecule has 21 heavy (non-hydrogen) atoms. The summed E-state index contributed by atoms with van der Waals surface area (Å²) >= 11 is 6.05. The lowest BCUT2D eigenvalue weighted by Gasteiger charge is -2.09. The van der Waals surface area contributed by atoms with E-state index in [2.05, 4.69) is 19.2 Å². The van der Waals surface area contributed by atoms with Crippen molar-refractivity contribution >= 4 is 28.4 Å². The summed E-state index contributed by atoms with van der Waals surface area (Å²) in [5.74, 6) is 0.594. The molecule has 0 fully saturated rings. The van der Waals surface area contributed by atoms with Crippen molar-refractivity contribution in [1.29, 1.82) is 0 Å². The van der Waals surface area contributed by atoms with Gasteiger partial charge in [0.15, 0.2) is 0 Å². The number of hydrogen-bond donors (Lipinski definition) is 2. The number of nitrogens with zero attached hydrogens (tertiary/aromatic N) is 1. The van der Waals surface area contributed by atoms with E-state index in [1.54, 1.807) is 0 Å². The van der Waals surface area contributed by atoms with Crippen LogP contribution >= 0.6 is 11.6 Å². The minimum Gasteiger partial charge on any atom is -0.355 e. The molecular formula is C16H22ClN3O. The summed E-state index contributed by atoms with van der Waals surface area (Å²) in [6.45, 7) is 5.72. The maximum Gasteiger partial charge on any atom is 0.239 e. The maximum atomic E-state index is 12.0. The van der Waals surface area contributed by atoms with Crippen LogP contribution in [0.4, 0.5) is 0 Å². The zero-order chi connectivity index (χ0) is 15.4. The van der Waals surface area contributed by atoms with E-state index in [0.717, 1.165) is 22.9 Å². The quantitative estimate of drug-likeness (QED) is 0.862. The average Bonchev–Trinajstić information content (AvgIpc) is 2.75. The topological polar surface area (TPSA) is 60.0 Å². The third-order valence-corrected chi connectivity index (χ3v) is 3.74. The van der Waals surface area contributed by atoms with E-state index >= 15 is 0 Å². The van der Waals surface area contributed by atoms with Crippen LogP contribution in [0.2, 0.25) is 5.02 Å². The number of benzene rings is 1. The molecule has 0 saturated carbocycles. The molecule has 0 spiro atoms. The van der Waals surface area contributed by atoms with E-state index in [9.17, 15) is 4.79 Å². The number of carbonyl (C=O) groups is 1. The Kier molecular flexibility index (Phi) is 5.26. The fourth-order valence-electron chi connectivity index (χ4n) is 2.35. The Hall–Kier alpha value is -1.52. The van der Waals surface area contributed by atoms with Crippen LogP contribution in [0.15, 0.2) is 24.4 Å². The highest BCUT2D eigenvalue weighted by molar-refractivity contribution is 6.31. The van der Waals surface area contributed by atoms with E-state index in [4.69, 9.17) is 17.3 Å². The Balaban J connectivity index is 2.14. The van der Waals surface area contributed by atoms with Crippen molar-refractivity contribution in [2.75, 3.05) is 6.54 Å². The monoisotopic (exact) mass is 307 g/mol. The van der Waals surface area contributed by atoms with E-state index in [0.29, 0.717) is 24.0 Å². The lowest BCUT2D eigenvalue weighted by Crippen LogP contribution is -2.28. The van der Waals surface area contributed by atoms with Gasteiger partial charge < -0.3 is 15.6 Å². The van der Waals surface area contributed by atoms with Gasteiger partial charge in [-0.2, -0.15) is 0 Å². The van der Waals surface area contributed by atoms with Crippen LogP contribution in [0, 0.1) is 5.92 Å². The summed E-state index contributed by atoms with van der Waals surface area (Å²) in [6, 6.07) is 5.67. The van der Waals surface area contributed by atoms with Crippen LogP contribution in [0.5, 0.6) is 0 Å². The number of nitrogens with two attached hydrogens (primary N) is 1. The number of carbonyl (C=O) groups excluding carboxylic acids is 1. The fourth-order valence-corrected chi connectivity index (χ4v) is 2.51. The van der Waals surface area contributed by atoms with Crippen LogP contribution in [0.3, 0.4) is 0 Å². The van der Waals surface area contributed by atoms with Crippen molar-refractivity contribution in [1.82, 2.24) is 9.88 Å². The van der Waals surface area contributed by atoms with Crippen molar-refractivity contribution in [3.8, 4) is 0 Å². The molecule has 5 heteroatoms. The molecule has 0 atom stereocenters. The molecule has 114 valence electrons. The Morgan fingerprint density at radius 1 is 1.43 bits per heavy atom. The third-order valence-electron chi connectivity index (χ3n) is 3.50. The Bertz CT molecular complexity index is 634. The first kappa shape index (κ1) is 15.9. The van der Waals surface area contributed by atoms with Crippen molar-refractivity contribution < 1.29 is 4.79 Å². The summed E-state index contributed by atoms with van der Waals surface area (Å²) in [6.07, 6.45) is 2.92. The summed E-state index contributed by atoms with van der Waals surface area (Å²) in [5, 5.41) is 4.66. The number of fused-ring (bicyclic) bond motifs is 1. The molecule has 0 unspecified atom stereocenters. The molecule has 2 rings (SSSR count). The zero-order valence-electron chi connectivity index (χ0n) is 12.5. The van der Waals surface area contributed by atoms with Gasteiger partial charge in [0.1, 0.15) is 6.54 Å². The van der Waals surface area contributed by atoms with Gasteiger partial charge in [-0.1, -0.05) is 31.5 Å². The Labute approximate surface area is 130 Å². The van der Waals surface area contributed by atoms with Gasteiger partial charge in [0.05, 0.1) is 5.52 Å². The second-order valence-corrected chi connectivity index (χ2v) is 6.12. The molecule has 0 bridgehead atoms. The van der Waals surface area contributed by atoms with Gasteiger partial charge in [-0.15, -0.1) is 0 Å². The smallest absolute Gasteiger partial charge is 0.239 e. The molecule has 1 heterocycles. The van der Waals surface area contributed by atoms with Gasteiger partial charge in [0.25, 0.3) is 0 Å². The molecule has 0 radical (unpaired) electrons.